The number of nitrogens with zero attached hydrogens (tertiary/aromatic N) is 1. The Bertz CT molecular complexity index is 978. The monoisotopic (exact) mass is 323 g/mol. The molecule has 1 nitrogen and oxygen atoms in total. The maximum absolute atomic E-state index is 2.31. The zero-order chi connectivity index (χ0) is 16.9. The lowest BCUT2D eigenvalue weighted by molar-refractivity contribution is 0.837. The molecule has 0 aliphatic heterocycles. The van der Waals surface area contributed by atoms with E-state index in [1.165, 1.54) is 27.6 Å². The van der Waals surface area contributed by atoms with Gasteiger partial charge in [0.15, 0.2) is 0 Å². The molecule has 3 aromatic carbocycles. The van der Waals surface area contributed by atoms with Crippen molar-refractivity contribution in [3.05, 3.63) is 114 Å². The van der Waals surface area contributed by atoms with Gasteiger partial charge in [-0.2, -0.15) is 0 Å². The Morgan fingerprint density at radius 3 is 2.28 bits per heavy atom. The summed E-state index contributed by atoms with van der Waals surface area (Å²) in [4.78, 5) is 0. The molecule has 25 heavy (non-hydrogen) atoms. The predicted molar refractivity (Wildman–Crippen MR) is 107 cm³/mol. The summed E-state index contributed by atoms with van der Waals surface area (Å²) in [6, 6.07) is 30.0. The molecule has 0 amide bonds. The molecule has 0 saturated carbocycles. The fourth-order valence-corrected chi connectivity index (χ4v) is 3.19. The van der Waals surface area contributed by atoms with Crippen LogP contribution in [0.2, 0.25) is 0 Å². The van der Waals surface area contributed by atoms with Crippen molar-refractivity contribution in [3.8, 4) is 0 Å². The third-order valence-corrected chi connectivity index (χ3v) is 4.49. The lowest BCUT2D eigenvalue weighted by Crippen LogP contribution is -1.97. The summed E-state index contributed by atoms with van der Waals surface area (Å²) in [7, 11) is 0. The van der Waals surface area contributed by atoms with Crippen molar-refractivity contribution in [1.29, 1.82) is 0 Å². The highest BCUT2D eigenvalue weighted by atomic mass is 14.9. The largest absolute Gasteiger partial charge is 0.343 e. The molecule has 0 fully saturated rings. The highest BCUT2D eigenvalue weighted by Gasteiger charge is 2.02. The number of benzene rings is 3. The summed E-state index contributed by atoms with van der Waals surface area (Å²) in [6.45, 7) is 0.914. The first-order chi connectivity index (χ1) is 12.4. The van der Waals surface area contributed by atoms with Gasteiger partial charge in [0.2, 0.25) is 0 Å². The van der Waals surface area contributed by atoms with E-state index < -0.39 is 0 Å². The van der Waals surface area contributed by atoms with Gasteiger partial charge in [0.25, 0.3) is 0 Å². The molecule has 0 saturated heterocycles. The van der Waals surface area contributed by atoms with Crippen LogP contribution in [-0.2, 0) is 13.0 Å². The first-order valence-corrected chi connectivity index (χ1v) is 8.72. The van der Waals surface area contributed by atoms with E-state index in [4.69, 9.17) is 0 Å². The van der Waals surface area contributed by atoms with Crippen molar-refractivity contribution in [2.24, 2.45) is 0 Å². The molecule has 1 aromatic heterocycles. The molecular weight excluding hydrogens is 302 g/mol. The van der Waals surface area contributed by atoms with E-state index in [9.17, 15) is 0 Å². The van der Waals surface area contributed by atoms with Crippen LogP contribution >= 0.6 is 0 Å². The van der Waals surface area contributed by atoms with Crippen molar-refractivity contribution in [3.63, 3.8) is 0 Å². The fourth-order valence-electron chi connectivity index (χ4n) is 3.19. The van der Waals surface area contributed by atoms with Crippen LogP contribution in [0.4, 0.5) is 0 Å². The van der Waals surface area contributed by atoms with Gasteiger partial charge in [-0.1, -0.05) is 78.9 Å². The maximum Gasteiger partial charge on any atom is 0.0483 e. The summed E-state index contributed by atoms with van der Waals surface area (Å²) in [6.07, 6.45) is 7.55. The van der Waals surface area contributed by atoms with Crippen molar-refractivity contribution in [2.45, 2.75) is 13.0 Å². The van der Waals surface area contributed by atoms with Crippen molar-refractivity contribution in [1.82, 2.24) is 4.57 Å². The summed E-state index contributed by atoms with van der Waals surface area (Å²) in [5.74, 6) is 0. The average molecular weight is 323 g/mol. The van der Waals surface area contributed by atoms with Gasteiger partial charge in [-0.25, -0.2) is 0 Å². The van der Waals surface area contributed by atoms with Crippen molar-refractivity contribution >= 4 is 17.0 Å². The minimum atomic E-state index is 0.914. The Balaban J connectivity index is 1.50. The lowest BCUT2D eigenvalue weighted by Gasteiger charge is -2.06. The smallest absolute Gasteiger partial charge is 0.0483 e. The molecule has 0 atom stereocenters. The standard InChI is InChI=1S/C24H21N/c1-3-8-20(9-4-1)12-7-13-21-14-15-24-23(18-21)16-17-25(24)19-22-10-5-2-6-11-22/h1-12,14-18H,13,19H2/b12-7+. The third kappa shape index (κ3) is 3.72. The van der Waals surface area contributed by atoms with Crippen molar-refractivity contribution in [2.75, 3.05) is 0 Å². The Labute approximate surface area is 148 Å². The second-order valence-corrected chi connectivity index (χ2v) is 6.34. The van der Waals surface area contributed by atoms with Gasteiger partial charge in [0.05, 0.1) is 0 Å². The predicted octanol–water partition coefficient (Wildman–Crippen LogP) is 5.95. The minimum Gasteiger partial charge on any atom is -0.343 e. The molecule has 0 N–H and O–H groups in total. The van der Waals surface area contributed by atoms with Crippen LogP contribution in [0.15, 0.2) is 97.2 Å². The Morgan fingerprint density at radius 1 is 0.720 bits per heavy atom. The molecule has 0 radical (unpaired) electrons. The molecule has 0 spiro atoms. The second-order valence-electron chi connectivity index (χ2n) is 6.34. The minimum absolute atomic E-state index is 0.914. The zero-order valence-corrected chi connectivity index (χ0v) is 14.2. The Kier molecular flexibility index (Phi) is 4.47. The van der Waals surface area contributed by atoms with Crippen LogP contribution in [0.3, 0.4) is 0 Å². The number of hydrogen-bond acceptors (Lipinski definition) is 0. The molecule has 0 bridgehead atoms. The average Bonchev–Trinajstić information content (AvgIpc) is 3.06. The summed E-state index contributed by atoms with van der Waals surface area (Å²) in [5, 5.41) is 1.31. The van der Waals surface area contributed by atoms with E-state index in [1.54, 1.807) is 0 Å². The lowest BCUT2D eigenvalue weighted by atomic mass is 10.1. The van der Waals surface area contributed by atoms with Gasteiger partial charge in [-0.15, -0.1) is 0 Å². The summed E-state index contributed by atoms with van der Waals surface area (Å²) >= 11 is 0. The SMILES string of the molecule is C(=C\c1ccccc1)/Cc1ccc2c(ccn2Cc2ccccc2)c1. The van der Waals surface area contributed by atoms with Gasteiger partial charge >= 0.3 is 0 Å². The Morgan fingerprint density at radius 2 is 1.48 bits per heavy atom. The molecule has 0 unspecified atom stereocenters. The van der Waals surface area contributed by atoms with E-state index in [2.05, 4.69) is 102 Å². The van der Waals surface area contributed by atoms with Crippen LogP contribution in [0.25, 0.3) is 17.0 Å². The van der Waals surface area contributed by atoms with E-state index in [-0.39, 0.29) is 0 Å². The number of rotatable bonds is 5. The second kappa shape index (κ2) is 7.23. The normalized spacial score (nSPS) is 11.4. The van der Waals surface area contributed by atoms with E-state index in [0.29, 0.717) is 0 Å². The fraction of sp³-hybridized carbons (Fsp3) is 0.0833. The highest BCUT2D eigenvalue weighted by Crippen LogP contribution is 2.20. The number of allylic oxidation sites excluding steroid dienone is 1. The molecule has 4 aromatic rings. The third-order valence-electron chi connectivity index (χ3n) is 4.49. The molecule has 4 rings (SSSR count). The van der Waals surface area contributed by atoms with E-state index >= 15 is 0 Å². The molecule has 1 heterocycles. The van der Waals surface area contributed by atoms with Gasteiger partial charge in [-0.05, 0) is 46.7 Å². The van der Waals surface area contributed by atoms with Gasteiger partial charge < -0.3 is 4.57 Å². The molecular formula is C24H21N. The zero-order valence-electron chi connectivity index (χ0n) is 14.2. The number of fused-ring (bicyclic) bond motifs is 1. The maximum atomic E-state index is 2.31. The van der Waals surface area contributed by atoms with Crippen LogP contribution in [-0.4, -0.2) is 4.57 Å². The van der Waals surface area contributed by atoms with Gasteiger partial charge in [-0.3, -0.25) is 0 Å². The number of aromatic nitrogens is 1. The summed E-state index contributed by atoms with van der Waals surface area (Å²) < 4.78 is 2.31. The van der Waals surface area contributed by atoms with E-state index in [1.807, 2.05) is 6.07 Å². The van der Waals surface area contributed by atoms with Crippen molar-refractivity contribution < 1.29 is 0 Å². The first-order valence-electron chi connectivity index (χ1n) is 8.72. The topological polar surface area (TPSA) is 4.93 Å². The highest BCUT2D eigenvalue weighted by molar-refractivity contribution is 5.81. The summed E-state index contributed by atoms with van der Waals surface area (Å²) in [5.41, 5.74) is 5.21. The Hall–Kier alpha value is -3.06. The molecule has 1 heteroatoms. The van der Waals surface area contributed by atoms with Crippen LogP contribution in [0.1, 0.15) is 16.7 Å². The molecule has 122 valence electrons. The molecule has 0 aliphatic rings. The first kappa shape index (κ1) is 15.5. The van der Waals surface area contributed by atoms with Crippen LogP contribution in [0, 0.1) is 0 Å². The van der Waals surface area contributed by atoms with Crippen LogP contribution in [0.5, 0.6) is 0 Å². The van der Waals surface area contributed by atoms with Gasteiger partial charge in [0, 0.05) is 18.3 Å². The number of hydrogen-bond donors (Lipinski definition) is 0. The van der Waals surface area contributed by atoms with E-state index in [0.717, 1.165) is 13.0 Å². The van der Waals surface area contributed by atoms with Crippen LogP contribution < -0.4 is 0 Å². The quantitative estimate of drug-likeness (QED) is 0.428. The molecule has 0 aliphatic carbocycles. The van der Waals surface area contributed by atoms with Gasteiger partial charge in [0.1, 0.15) is 0 Å².